The average Bonchev–Trinajstić information content (AvgIpc) is 3.00. The number of hydrogen-bond donors (Lipinski definition) is 2. The number of rotatable bonds is 3. The molecule has 0 aromatic carbocycles. The minimum Gasteiger partial charge on any atom is -0.394 e. The van der Waals surface area contributed by atoms with Crippen molar-refractivity contribution in [3.8, 4) is 0 Å². The van der Waals surface area contributed by atoms with Crippen LogP contribution in [0.4, 0.5) is 0 Å². The molecule has 1 fully saturated rings. The first-order chi connectivity index (χ1) is 9.91. The Morgan fingerprint density at radius 1 is 1.48 bits per heavy atom. The summed E-state index contributed by atoms with van der Waals surface area (Å²) in [5.74, 6) is 0. The van der Waals surface area contributed by atoms with Gasteiger partial charge in [-0.2, -0.15) is 0 Å². The summed E-state index contributed by atoms with van der Waals surface area (Å²) in [5.41, 5.74) is 0.826. The minimum absolute atomic E-state index is 0.0870. The molecule has 0 saturated carbocycles. The van der Waals surface area contributed by atoms with Crippen LogP contribution in [0.2, 0.25) is 0 Å². The third-order valence-corrected chi connectivity index (χ3v) is 4.51. The molecule has 1 aliphatic rings. The third kappa shape index (κ3) is 2.42. The summed E-state index contributed by atoms with van der Waals surface area (Å²) < 4.78 is 30.6. The Labute approximate surface area is 120 Å². The molecule has 2 N–H and O–H groups in total. The fourth-order valence-electron chi connectivity index (χ4n) is 2.49. The van der Waals surface area contributed by atoms with Crippen molar-refractivity contribution in [2.24, 2.45) is 0 Å². The topological polar surface area (TPSA) is 115 Å². The highest BCUT2D eigenvalue weighted by molar-refractivity contribution is 7.90. The Balaban J connectivity index is 2.07. The number of ether oxygens (including phenoxy) is 1. The van der Waals surface area contributed by atoms with E-state index in [1.54, 1.807) is 10.6 Å². The number of aliphatic hydroxyl groups is 2. The summed E-state index contributed by atoms with van der Waals surface area (Å²) in [6, 6.07) is 1.64. The molecule has 3 rings (SSSR count). The van der Waals surface area contributed by atoms with E-state index in [2.05, 4.69) is 9.97 Å². The molecule has 3 atom stereocenters. The summed E-state index contributed by atoms with van der Waals surface area (Å²) in [5, 5.41) is 18.8. The Kier molecular flexibility index (Phi) is 3.44. The van der Waals surface area contributed by atoms with Crippen LogP contribution >= 0.6 is 0 Å². The van der Waals surface area contributed by atoms with E-state index in [9.17, 15) is 13.5 Å². The molecule has 0 radical (unpaired) electrons. The van der Waals surface area contributed by atoms with Gasteiger partial charge in [-0.25, -0.2) is 18.4 Å². The lowest BCUT2D eigenvalue weighted by Gasteiger charge is -2.14. The molecule has 21 heavy (non-hydrogen) atoms. The van der Waals surface area contributed by atoms with Gasteiger partial charge in [0.05, 0.1) is 24.6 Å². The number of aliphatic hydroxyl groups excluding tert-OH is 2. The summed E-state index contributed by atoms with van der Waals surface area (Å²) >= 11 is 0. The summed E-state index contributed by atoms with van der Waals surface area (Å²) in [7, 11) is -3.48. The van der Waals surface area contributed by atoms with E-state index in [1.165, 1.54) is 12.5 Å². The van der Waals surface area contributed by atoms with E-state index in [0.29, 0.717) is 11.9 Å². The number of aromatic nitrogens is 3. The van der Waals surface area contributed by atoms with E-state index in [1.807, 2.05) is 0 Å². The number of imidazole rings is 1. The van der Waals surface area contributed by atoms with Crippen LogP contribution in [-0.4, -0.2) is 58.2 Å². The minimum atomic E-state index is -3.48. The summed E-state index contributed by atoms with van der Waals surface area (Å²) in [6.45, 7) is -0.277. The van der Waals surface area contributed by atoms with Gasteiger partial charge < -0.3 is 19.5 Å². The van der Waals surface area contributed by atoms with Crippen LogP contribution < -0.4 is 0 Å². The van der Waals surface area contributed by atoms with E-state index < -0.39 is 28.3 Å². The van der Waals surface area contributed by atoms with Crippen molar-refractivity contribution >= 4 is 20.9 Å². The van der Waals surface area contributed by atoms with Crippen LogP contribution in [0.1, 0.15) is 12.6 Å². The van der Waals surface area contributed by atoms with Gasteiger partial charge in [0.15, 0.2) is 14.9 Å². The van der Waals surface area contributed by atoms with Gasteiger partial charge in [-0.15, -0.1) is 0 Å². The van der Waals surface area contributed by atoms with Crippen molar-refractivity contribution in [1.29, 1.82) is 0 Å². The van der Waals surface area contributed by atoms with E-state index in [0.717, 1.165) is 6.26 Å². The Morgan fingerprint density at radius 3 is 2.86 bits per heavy atom. The molecule has 114 valence electrons. The van der Waals surface area contributed by atoms with E-state index >= 15 is 0 Å². The van der Waals surface area contributed by atoms with Crippen LogP contribution in [0.25, 0.3) is 11.0 Å². The molecule has 0 bridgehead atoms. The predicted octanol–water partition coefficient (Wildman–Crippen LogP) is -0.524. The number of nitrogens with zero attached hydrogens (tertiary/aromatic N) is 3. The highest BCUT2D eigenvalue weighted by Gasteiger charge is 2.35. The molecule has 8 nitrogen and oxygen atoms in total. The molecule has 1 saturated heterocycles. The van der Waals surface area contributed by atoms with Crippen LogP contribution in [0.5, 0.6) is 0 Å². The fraction of sp³-hybridized carbons (Fsp3) is 0.500. The van der Waals surface area contributed by atoms with Gasteiger partial charge in [-0.3, -0.25) is 0 Å². The second kappa shape index (κ2) is 5.02. The average molecular weight is 313 g/mol. The second-order valence-corrected chi connectivity index (χ2v) is 6.95. The maximum absolute atomic E-state index is 11.7. The van der Waals surface area contributed by atoms with Gasteiger partial charge in [0, 0.05) is 18.9 Å². The van der Waals surface area contributed by atoms with Crippen LogP contribution in [0.3, 0.4) is 0 Å². The number of hydrogen-bond acceptors (Lipinski definition) is 7. The molecule has 9 heteroatoms. The lowest BCUT2D eigenvalue weighted by atomic mass is 10.2. The first kappa shape index (κ1) is 14.4. The predicted molar refractivity (Wildman–Crippen MR) is 72.3 cm³/mol. The zero-order valence-corrected chi connectivity index (χ0v) is 12.1. The van der Waals surface area contributed by atoms with Crippen LogP contribution in [0, 0.1) is 0 Å². The number of fused-ring (bicyclic) bond motifs is 1. The molecule has 3 heterocycles. The lowest BCUT2D eigenvalue weighted by molar-refractivity contribution is -0.0430. The molecule has 2 aromatic heterocycles. The normalized spacial score (nSPS) is 26.5. The molecule has 0 unspecified atom stereocenters. The van der Waals surface area contributed by atoms with Gasteiger partial charge in [0.25, 0.3) is 0 Å². The van der Waals surface area contributed by atoms with Crippen molar-refractivity contribution in [1.82, 2.24) is 14.5 Å². The highest BCUT2D eigenvalue weighted by atomic mass is 32.2. The SMILES string of the molecule is CS(=O)(=O)c1nccc2c1ncn2[C@H]1C[C@H](O)[C@@H](CO)O1. The van der Waals surface area contributed by atoms with E-state index in [4.69, 9.17) is 9.84 Å². The third-order valence-electron chi connectivity index (χ3n) is 3.50. The van der Waals surface area contributed by atoms with Crippen molar-refractivity contribution in [2.75, 3.05) is 12.9 Å². The largest absolute Gasteiger partial charge is 0.394 e. The molecule has 0 spiro atoms. The Bertz CT molecular complexity index is 772. The van der Waals surface area contributed by atoms with Gasteiger partial charge in [0.2, 0.25) is 0 Å². The van der Waals surface area contributed by atoms with Crippen molar-refractivity contribution < 1.29 is 23.4 Å². The highest BCUT2D eigenvalue weighted by Crippen LogP contribution is 2.31. The zero-order chi connectivity index (χ0) is 15.2. The lowest BCUT2D eigenvalue weighted by Crippen LogP contribution is -2.24. The van der Waals surface area contributed by atoms with Crippen LogP contribution in [-0.2, 0) is 14.6 Å². The van der Waals surface area contributed by atoms with Gasteiger partial charge in [-0.05, 0) is 6.07 Å². The molecular weight excluding hydrogens is 298 g/mol. The quantitative estimate of drug-likeness (QED) is 0.783. The Morgan fingerprint density at radius 2 is 2.24 bits per heavy atom. The number of pyridine rings is 1. The smallest absolute Gasteiger partial charge is 0.195 e. The first-order valence-corrected chi connectivity index (χ1v) is 8.27. The molecule has 2 aromatic rings. The molecule has 0 aliphatic carbocycles. The Hall–Kier alpha value is -1.55. The molecule has 0 amide bonds. The molecular formula is C12H15N3O5S. The monoisotopic (exact) mass is 313 g/mol. The van der Waals surface area contributed by atoms with Gasteiger partial charge >= 0.3 is 0 Å². The zero-order valence-electron chi connectivity index (χ0n) is 11.2. The second-order valence-electron chi connectivity index (χ2n) is 5.02. The summed E-state index contributed by atoms with van der Waals surface area (Å²) in [6.07, 6.45) is 2.30. The maximum atomic E-state index is 11.7. The maximum Gasteiger partial charge on any atom is 0.195 e. The fourth-order valence-corrected chi connectivity index (χ4v) is 3.25. The van der Waals surface area contributed by atoms with Crippen molar-refractivity contribution in [3.63, 3.8) is 0 Å². The standard InChI is InChI=1S/C12H15N3O5S/c1-21(18,19)12-11-7(2-3-13-12)15(6-14-11)10-4-8(17)9(5-16)20-10/h2-3,6,8-10,16-17H,4-5H2,1H3/t8-,9+,10+/m0/s1. The van der Waals surface area contributed by atoms with Crippen molar-refractivity contribution in [3.05, 3.63) is 18.6 Å². The van der Waals surface area contributed by atoms with Gasteiger partial charge in [-0.1, -0.05) is 0 Å². The van der Waals surface area contributed by atoms with Crippen LogP contribution in [0.15, 0.2) is 23.6 Å². The van der Waals surface area contributed by atoms with E-state index in [-0.39, 0.29) is 17.1 Å². The first-order valence-electron chi connectivity index (χ1n) is 6.38. The molecule has 1 aliphatic heterocycles. The van der Waals surface area contributed by atoms with Gasteiger partial charge in [0.1, 0.15) is 17.8 Å². The number of sulfone groups is 1. The van der Waals surface area contributed by atoms with Crippen molar-refractivity contribution in [2.45, 2.75) is 29.9 Å². The summed E-state index contributed by atoms with van der Waals surface area (Å²) in [4.78, 5) is 7.97.